The zero-order valence-electron chi connectivity index (χ0n) is 16.7. The molecule has 0 radical (unpaired) electrons. The van der Waals surface area contributed by atoms with E-state index in [1.54, 1.807) is 30.4 Å². The number of rotatable bonds is 9. The van der Waals surface area contributed by atoms with Gasteiger partial charge in [0.25, 0.3) is 0 Å². The molecule has 1 aromatic carbocycles. The monoisotopic (exact) mass is 401 g/mol. The third-order valence-corrected chi connectivity index (χ3v) is 6.07. The summed E-state index contributed by atoms with van der Waals surface area (Å²) in [4.78, 5) is 15.1. The number of carbonyl (C=O) groups excluding carboxylic acids is 1. The van der Waals surface area contributed by atoms with E-state index in [1.807, 2.05) is 18.2 Å². The Morgan fingerprint density at radius 3 is 2.50 bits per heavy atom. The molecule has 1 atom stereocenters. The second kappa shape index (κ2) is 8.62. The topological polar surface area (TPSA) is 54.0 Å². The number of benzene rings is 1. The van der Waals surface area contributed by atoms with Crippen molar-refractivity contribution in [1.29, 1.82) is 0 Å². The molecule has 2 N–H and O–H groups in total. The lowest BCUT2D eigenvalue weighted by atomic mass is 9.79. The van der Waals surface area contributed by atoms with Crippen LogP contribution >= 0.6 is 11.9 Å². The molecule has 28 heavy (non-hydrogen) atoms. The van der Waals surface area contributed by atoms with Crippen molar-refractivity contribution in [3.63, 3.8) is 0 Å². The van der Waals surface area contributed by atoms with Crippen LogP contribution in [0.3, 0.4) is 0 Å². The molecule has 1 heterocycles. The summed E-state index contributed by atoms with van der Waals surface area (Å²) in [6.07, 6.45) is 8.63. The molecule has 1 saturated carbocycles. The SMILES string of the molecule is CC(C)(C)SNC(CCC1CC1)(c1ccncc1)c1ccc(F)c(NC=O)c1. The van der Waals surface area contributed by atoms with E-state index in [9.17, 15) is 9.18 Å². The van der Waals surface area contributed by atoms with Crippen LogP contribution in [0.25, 0.3) is 0 Å². The highest BCUT2D eigenvalue weighted by Crippen LogP contribution is 2.43. The van der Waals surface area contributed by atoms with Crippen molar-refractivity contribution < 1.29 is 9.18 Å². The summed E-state index contributed by atoms with van der Waals surface area (Å²) in [6, 6.07) is 9.01. The number of aromatic nitrogens is 1. The van der Waals surface area contributed by atoms with E-state index in [2.05, 4.69) is 35.8 Å². The zero-order chi connectivity index (χ0) is 20.2. The standard InChI is InChI=1S/C22H28FN3OS/c1-21(2,3)28-26-22(11-8-16-4-5-16,17-9-12-24-13-10-17)18-6-7-19(23)20(14-18)25-15-27/h6-7,9-10,12-16,26H,4-5,8,11H2,1-3H3,(H,25,27). The molecular weight excluding hydrogens is 373 g/mol. The second-order valence-electron chi connectivity index (χ2n) is 8.40. The van der Waals surface area contributed by atoms with Gasteiger partial charge in [-0.3, -0.25) is 9.78 Å². The Bertz CT molecular complexity index is 805. The summed E-state index contributed by atoms with van der Waals surface area (Å²) in [5.74, 6) is 0.320. The highest BCUT2D eigenvalue weighted by atomic mass is 32.2. The quantitative estimate of drug-likeness (QED) is 0.445. The van der Waals surface area contributed by atoms with Gasteiger partial charge in [0.05, 0.1) is 11.2 Å². The average molecular weight is 402 g/mol. The molecule has 2 aromatic rings. The summed E-state index contributed by atoms with van der Waals surface area (Å²) in [5, 5.41) is 2.49. The van der Waals surface area contributed by atoms with Gasteiger partial charge < -0.3 is 5.32 Å². The predicted molar refractivity (Wildman–Crippen MR) is 114 cm³/mol. The van der Waals surface area contributed by atoms with Crippen molar-refractivity contribution in [2.75, 3.05) is 5.32 Å². The van der Waals surface area contributed by atoms with E-state index in [0.29, 0.717) is 6.41 Å². The molecule has 0 aliphatic heterocycles. The first kappa shape index (κ1) is 20.8. The molecule has 0 saturated heterocycles. The van der Waals surface area contributed by atoms with Crippen LogP contribution in [0, 0.1) is 11.7 Å². The Labute approximate surface area is 170 Å². The van der Waals surface area contributed by atoms with Crippen LogP contribution in [0.2, 0.25) is 0 Å². The molecule has 1 unspecified atom stereocenters. The maximum absolute atomic E-state index is 14.2. The Kier molecular flexibility index (Phi) is 6.40. The molecule has 1 fully saturated rings. The minimum absolute atomic E-state index is 0.00175. The highest BCUT2D eigenvalue weighted by Gasteiger charge is 2.38. The molecule has 0 bridgehead atoms. The van der Waals surface area contributed by atoms with Gasteiger partial charge in [0.1, 0.15) is 5.82 Å². The fourth-order valence-electron chi connectivity index (χ4n) is 3.29. The van der Waals surface area contributed by atoms with Gasteiger partial charge in [0, 0.05) is 17.1 Å². The van der Waals surface area contributed by atoms with E-state index in [0.717, 1.165) is 29.9 Å². The van der Waals surface area contributed by atoms with Crippen molar-refractivity contribution in [2.45, 2.75) is 56.7 Å². The van der Waals surface area contributed by atoms with Gasteiger partial charge in [-0.1, -0.05) is 30.9 Å². The largest absolute Gasteiger partial charge is 0.326 e. The van der Waals surface area contributed by atoms with Crippen LogP contribution in [0.1, 0.15) is 57.6 Å². The third kappa shape index (κ3) is 5.11. The first-order valence-corrected chi connectivity index (χ1v) is 10.5. The fraction of sp³-hybridized carbons (Fsp3) is 0.455. The minimum Gasteiger partial charge on any atom is -0.326 e. The number of pyridine rings is 1. The summed E-state index contributed by atoms with van der Waals surface area (Å²) >= 11 is 1.67. The molecule has 3 rings (SSSR count). The number of anilines is 1. The van der Waals surface area contributed by atoms with Crippen LogP contribution in [0.5, 0.6) is 0 Å². The lowest BCUT2D eigenvalue weighted by Crippen LogP contribution is -2.42. The molecule has 1 aromatic heterocycles. The van der Waals surface area contributed by atoms with Gasteiger partial charge in [-0.15, -0.1) is 0 Å². The van der Waals surface area contributed by atoms with Crippen molar-refractivity contribution in [1.82, 2.24) is 9.71 Å². The highest BCUT2D eigenvalue weighted by molar-refractivity contribution is 7.98. The van der Waals surface area contributed by atoms with Gasteiger partial charge in [0.15, 0.2) is 0 Å². The van der Waals surface area contributed by atoms with E-state index in [-0.39, 0.29) is 10.4 Å². The number of hydrogen-bond acceptors (Lipinski definition) is 4. The number of hydrogen-bond donors (Lipinski definition) is 2. The number of amides is 1. The Hall–Kier alpha value is -1.92. The van der Waals surface area contributed by atoms with Crippen molar-refractivity contribution >= 4 is 24.0 Å². The molecule has 1 aliphatic rings. The first-order valence-electron chi connectivity index (χ1n) is 9.70. The maximum atomic E-state index is 14.2. The second-order valence-corrected chi connectivity index (χ2v) is 10.0. The predicted octanol–water partition coefficient (Wildman–Crippen LogP) is 5.26. The average Bonchev–Trinajstić information content (AvgIpc) is 3.49. The molecule has 150 valence electrons. The van der Waals surface area contributed by atoms with E-state index in [4.69, 9.17) is 0 Å². The fourth-order valence-corrected chi connectivity index (χ4v) is 4.11. The summed E-state index contributed by atoms with van der Waals surface area (Å²) < 4.78 is 17.9. The number of nitrogens with zero attached hydrogens (tertiary/aromatic N) is 1. The molecule has 0 spiro atoms. The van der Waals surface area contributed by atoms with E-state index >= 15 is 0 Å². The number of halogens is 1. The Morgan fingerprint density at radius 1 is 1.18 bits per heavy atom. The summed E-state index contributed by atoms with van der Waals surface area (Å²) in [5.41, 5.74) is 1.71. The summed E-state index contributed by atoms with van der Waals surface area (Å²) in [6.45, 7) is 6.48. The Balaban J connectivity index is 2.09. The minimum atomic E-state index is -0.503. The number of carbonyl (C=O) groups is 1. The van der Waals surface area contributed by atoms with Gasteiger partial charge in [-0.05, 0) is 74.9 Å². The molecule has 1 aliphatic carbocycles. The lowest BCUT2D eigenvalue weighted by molar-refractivity contribution is -0.105. The van der Waals surface area contributed by atoms with Crippen LogP contribution in [-0.4, -0.2) is 16.1 Å². The lowest BCUT2D eigenvalue weighted by Gasteiger charge is -2.38. The van der Waals surface area contributed by atoms with Crippen LogP contribution in [0.4, 0.5) is 10.1 Å². The molecule has 1 amide bonds. The van der Waals surface area contributed by atoms with Gasteiger partial charge in [-0.25, -0.2) is 9.11 Å². The molecule has 4 nitrogen and oxygen atoms in total. The normalized spacial score (nSPS) is 16.4. The summed E-state index contributed by atoms with van der Waals surface area (Å²) in [7, 11) is 0. The van der Waals surface area contributed by atoms with E-state index in [1.165, 1.54) is 18.9 Å². The van der Waals surface area contributed by atoms with Crippen LogP contribution < -0.4 is 10.0 Å². The van der Waals surface area contributed by atoms with Gasteiger partial charge >= 0.3 is 0 Å². The molecule has 6 heteroatoms. The van der Waals surface area contributed by atoms with Crippen molar-refractivity contribution in [2.24, 2.45) is 5.92 Å². The van der Waals surface area contributed by atoms with Crippen molar-refractivity contribution in [3.8, 4) is 0 Å². The molecular formula is C22H28FN3OS. The van der Waals surface area contributed by atoms with Crippen molar-refractivity contribution in [3.05, 3.63) is 59.7 Å². The third-order valence-electron chi connectivity index (χ3n) is 5.00. The maximum Gasteiger partial charge on any atom is 0.211 e. The zero-order valence-corrected chi connectivity index (χ0v) is 17.5. The van der Waals surface area contributed by atoms with Gasteiger partial charge in [-0.2, -0.15) is 0 Å². The van der Waals surface area contributed by atoms with Gasteiger partial charge in [0.2, 0.25) is 6.41 Å². The van der Waals surface area contributed by atoms with E-state index < -0.39 is 11.4 Å². The number of nitrogens with one attached hydrogen (secondary N) is 2. The smallest absolute Gasteiger partial charge is 0.211 e. The first-order chi connectivity index (χ1) is 13.3. The van der Waals surface area contributed by atoms with Crippen LogP contribution in [0.15, 0.2) is 42.7 Å². The Morgan fingerprint density at radius 2 is 1.89 bits per heavy atom. The van der Waals surface area contributed by atoms with Crippen LogP contribution in [-0.2, 0) is 10.3 Å².